The molecule has 2 N–H and O–H groups in total. The monoisotopic (exact) mass is 374 g/mol. The van der Waals surface area contributed by atoms with Crippen LogP contribution in [0.3, 0.4) is 0 Å². The van der Waals surface area contributed by atoms with Gasteiger partial charge in [-0.25, -0.2) is 0 Å². The maximum atomic E-state index is 11.9. The lowest BCUT2D eigenvalue weighted by Gasteiger charge is -2.09. The number of nitrogens with zero attached hydrogens (tertiary/aromatic N) is 2. The number of benzene rings is 2. The van der Waals surface area contributed by atoms with Gasteiger partial charge in [-0.1, -0.05) is 0 Å². The highest BCUT2D eigenvalue weighted by Crippen LogP contribution is 2.30. The van der Waals surface area contributed by atoms with Crippen molar-refractivity contribution in [2.45, 2.75) is 6.92 Å². The van der Waals surface area contributed by atoms with Crippen molar-refractivity contribution in [1.82, 2.24) is 0 Å². The highest BCUT2D eigenvalue weighted by Gasteiger charge is 2.21. The largest absolute Gasteiger partial charge is 0.477 e. The third-order valence-electron chi connectivity index (χ3n) is 3.20. The van der Waals surface area contributed by atoms with E-state index in [1.165, 1.54) is 6.92 Å². The first kappa shape index (κ1) is 19.3. The van der Waals surface area contributed by atoms with Crippen LogP contribution in [-0.4, -0.2) is 28.3 Å². The lowest BCUT2D eigenvalue weighted by Crippen LogP contribution is -2.20. The molecule has 11 heteroatoms. The van der Waals surface area contributed by atoms with E-state index < -0.39 is 33.7 Å². The number of nitro groups is 2. The van der Waals surface area contributed by atoms with Gasteiger partial charge in [0.25, 0.3) is 11.6 Å². The Morgan fingerprint density at radius 2 is 1.56 bits per heavy atom. The molecule has 0 aliphatic carbocycles. The molecule has 2 rings (SSSR count). The Bertz CT molecular complexity index is 896. The molecule has 2 aromatic carbocycles. The van der Waals surface area contributed by atoms with E-state index in [9.17, 15) is 29.8 Å². The molecule has 0 unspecified atom stereocenters. The van der Waals surface area contributed by atoms with Crippen LogP contribution in [0.1, 0.15) is 6.92 Å². The Morgan fingerprint density at radius 1 is 0.963 bits per heavy atom. The van der Waals surface area contributed by atoms with Crippen molar-refractivity contribution in [1.29, 1.82) is 0 Å². The summed E-state index contributed by atoms with van der Waals surface area (Å²) in [6, 6.07) is 9.13. The van der Waals surface area contributed by atoms with Crippen LogP contribution < -0.4 is 15.4 Å². The zero-order chi connectivity index (χ0) is 20.0. The Kier molecular flexibility index (Phi) is 5.99. The number of ether oxygens (including phenoxy) is 1. The minimum atomic E-state index is -0.832. The summed E-state index contributed by atoms with van der Waals surface area (Å²) in [7, 11) is 0. The number of amides is 2. The van der Waals surface area contributed by atoms with Gasteiger partial charge in [0.2, 0.25) is 5.91 Å². The van der Waals surface area contributed by atoms with Gasteiger partial charge in [-0.2, -0.15) is 0 Å². The molecular formula is C16H14N4O7. The van der Waals surface area contributed by atoms with Crippen LogP contribution in [0.4, 0.5) is 22.7 Å². The first-order valence-corrected chi connectivity index (χ1v) is 7.49. The van der Waals surface area contributed by atoms with Crippen LogP contribution in [0.25, 0.3) is 0 Å². The number of nitro benzene ring substituents is 2. The third kappa shape index (κ3) is 5.49. The van der Waals surface area contributed by atoms with Gasteiger partial charge in [-0.3, -0.25) is 29.8 Å². The zero-order valence-electron chi connectivity index (χ0n) is 14.0. The van der Waals surface area contributed by atoms with Crippen molar-refractivity contribution in [2.24, 2.45) is 0 Å². The second-order valence-corrected chi connectivity index (χ2v) is 5.26. The smallest absolute Gasteiger partial charge is 0.317 e. The van der Waals surface area contributed by atoms with E-state index >= 15 is 0 Å². The molecule has 140 valence electrons. The van der Waals surface area contributed by atoms with Crippen molar-refractivity contribution < 1.29 is 24.2 Å². The van der Waals surface area contributed by atoms with Crippen LogP contribution in [0, 0.1) is 20.2 Å². The number of hydrogen-bond donors (Lipinski definition) is 2. The Balaban J connectivity index is 2.00. The number of non-ortho nitro benzene ring substituents is 1. The molecule has 0 aliphatic heterocycles. The van der Waals surface area contributed by atoms with Crippen molar-refractivity contribution in [2.75, 3.05) is 17.2 Å². The van der Waals surface area contributed by atoms with Gasteiger partial charge in [0, 0.05) is 24.4 Å². The zero-order valence-corrected chi connectivity index (χ0v) is 14.0. The Hall–Kier alpha value is -4.02. The molecule has 0 fully saturated rings. The van der Waals surface area contributed by atoms with Crippen molar-refractivity contribution in [3.05, 3.63) is 62.7 Å². The van der Waals surface area contributed by atoms with E-state index in [4.69, 9.17) is 4.74 Å². The van der Waals surface area contributed by atoms with E-state index in [1.807, 2.05) is 0 Å². The van der Waals surface area contributed by atoms with Crippen molar-refractivity contribution in [3.63, 3.8) is 0 Å². The van der Waals surface area contributed by atoms with E-state index in [0.29, 0.717) is 11.4 Å². The second-order valence-electron chi connectivity index (χ2n) is 5.26. The molecule has 0 aromatic heterocycles. The Labute approximate surface area is 152 Å². The molecule has 0 aliphatic rings. The molecule has 0 atom stereocenters. The van der Waals surface area contributed by atoms with Crippen LogP contribution >= 0.6 is 0 Å². The number of carbonyl (C=O) groups excluding carboxylic acids is 2. The fourth-order valence-electron chi connectivity index (χ4n) is 2.06. The van der Waals surface area contributed by atoms with E-state index in [-0.39, 0.29) is 11.7 Å². The maximum Gasteiger partial charge on any atom is 0.317 e. The maximum absolute atomic E-state index is 11.9. The first-order chi connectivity index (χ1) is 12.8. The molecule has 2 amide bonds. The summed E-state index contributed by atoms with van der Waals surface area (Å²) in [5, 5.41) is 26.8. The summed E-state index contributed by atoms with van der Waals surface area (Å²) in [6.07, 6.45) is 0. The summed E-state index contributed by atoms with van der Waals surface area (Å²) >= 11 is 0. The van der Waals surface area contributed by atoms with Crippen LogP contribution in [0.15, 0.2) is 42.5 Å². The molecule has 0 radical (unpaired) electrons. The highest BCUT2D eigenvalue weighted by molar-refractivity contribution is 5.93. The van der Waals surface area contributed by atoms with E-state index in [1.54, 1.807) is 24.3 Å². The summed E-state index contributed by atoms with van der Waals surface area (Å²) in [6.45, 7) is 0.830. The molecule has 27 heavy (non-hydrogen) atoms. The molecule has 0 saturated carbocycles. The van der Waals surface area contributed by atoms with Gasteiger partial charge >= 0.3 is 5.69 Å². The lowest BCUT2D eigenvalue weighted by molar-refractivity contribution is -0.394. The summed E-state index contributed by atoms with van der Waals surface area (Å²) in [4.78, 5) is 43.0. The summed E-state index contributed by atoms with van der Waals surface area (Å²) in [5.41, 5.74) is -0.0939. The van der Waals surface area contributed by atoms with Gasteiger partial charge < -0.3 is 15.4 Å². The van der Waals surface area contributed by atoms with Crippen LogP contribution in [0.2, 0.25) is 0 Å². The molecule has 0 heterocycles. The minimum Gasteiger partial charge on any atom is -0.477 e. The normalized spacial score (nSPS) is 9.96. The Morgan fingerprint density at radius 3 is 2.07 bits per heavy atom. The molecular weight excluding hydrogens is 360 g/mol. The number of rotatable bonds is 7. The number of hydrogen-bond acceptors (Lipinski definition) is 7. The SMILES string of the molecule is CC(=O)Nc1ccc(NC(=O)COc2ccc([N+](=O)[O-])cc2[N+](=O)[O-])cc1. The van der Waals surface area contributed by atoms with Gasteiger partial charge in [-0.15, -0.1) is 0 Å². The highest BCUT2D eigenvalue weighted by atomic mass is 16.6. The summed E-state index contributed by atoms with van der Waals surface area (Å²) < 4.78 is 5.11. The predicted octanol–water partition coefficient (Wildman–Crippen LogP) is 2.48. The topological polar surface area (TPSA) is 154 Å². The van der Waals surface area contributed by atoms with E-state index in [2.05, 4.69) is 10.6 Å². The second kappa shape index (κ2) is 8.38. The number of anilines is 2. The predicted molar refractivity (Wildman–Crippen MR) is 94.6 cm³/mol. The first-order valence-electron chi connectivity index (χ1n) is 7.49. The third-order valence-corrected chi connectivity index (χ3v) is 3.20. The lowest BCUT2D eigenvalue weighted by atomic mass is 10.2. The minimum absolute atomic E-state index is 0.232. The van der Waals surface area contributed by atoms with Gasteiger partial charge in [-0.05, 0) is 30.3 Å². The van der Waals surface area contributed by atoms with E-state index in [0.717, 1.165) is 18.2 Å². The van der Waals surface area contributed by atoms with Crippen molar-refractivity contribution in [3.8, 4) is 5.75 Å². The fraction of sp³-hybridized carbons (Fsp3) is 0.125. The molecule has 0 spiro atoms. The molecule has 0 bridgehead atoms. The average Bonchev–Trinajstić information content (AvgIpc) is 2.61. The molecule has 11 nitrogen and oxygen atoms in total. The fourth-order valence-corrected chi connectivity index (χ4v) is 2.06. The molecule has 2 aromatic rings. The van der Waals surface area contributed by atoms with Crippen LogP contribution in [-0.2, 0) is 9.59 Å². The van der Waals surface area contributed by atoms with Gasteiger partial charge in [0.15, 0.2) is 12.4 Å². The molecule has 0 saturated heterocycles. The standard InChI is InChI=1S/C16H14N4O7/c1-10(21)17-11-2-4-12(5-3-11)18-16(22)9-27-15-7-6-13(19(23)24)8-14(15)20(25)26/h2-8H,9H2,1H3,(H,17,21)(H,18,22). The van der Waals surface area contributed by atoms with Crippen molar-refractivity contribution >= 4 is 34.6 Å². The van der Waals surface area contributed by atoms with Gasteiger partial charge in [0.05, 0.1) is 15.9 Å². The van der Waals surface area contributed by atoms with Gasteiger partial charge in [0.1, 0.15) is 0 Å². The van der Waals surface area contributed by atoms with Crippen LogP contribution in [0.5, 0.6) is 5.75 Å². The quantitative estimate of drug-likeness (QED) is 0.557. The average molecular weight is 374 g/mol. The summed E-state index contributed by atoms with van der Waals surface area (Å²) in [5.74, 6) is -1.08. The number of nitrogens with one attached hydrogen (secondary N) is 2. The number of carbonyl (C=O) groups is 2.